The maximum atomic E-state index is 13.0. The Bertz CT molecular complexity index is 648. The molecule has 1 aliphatic rings. The number of hydrogen-bond acceptors (Lipinski definition) is 4. The Hall–Kier alpha value is -2.21. The number of benzene rings is 1. The molecule has 2 heterocycles. The summed E-state index contributed by atoms with van der Waals surface area (Å²) in [6.45, 7) is 1.34. The molecule has 0 bridgehead atoms. The molecule has 1 atom stereocenters. The third-order valence-corrected chi connectivity index (χ3v) is 3.93. The molecule has 0 spiro atoms. The Morgan fingerprint density at radius 1 is 1.35 bits per heavy atom. The number of hydrogen-bond donors (Lipinski definition) is 1. The summed E-state index contributed by atoms with van der Waals surface area (Å²) in [6, 6.07) is 6.05. The molecule has 3 rings (SSSR count). The summed E-state index contributed by atoms with van der Waals surface area (Å²) < 4.78 is 23.5. The van der Waals surface area contributed by atoms with Gasteiger partial charge >= 0.3 is 0 Å². The molecule has 23 heavy (non-hydrogen) atoms. The fourth-order valence-electron chi connectivity index (χ4n) is 2.65. The standard InChI is InChI=1S/C17H19FN2O3/c18-14-6-3-12(4-7-14)17-13(11-23-20-17)5-8-16(21)19-10-15-2-1-9-22-15/h3-4,6-7,11,15H,1-2,5,8-10H2,(H,19,21). The fraction of sp³-hybridized carbons (Fsp3) is 0.412. The second-order valence-electron chi connectivity index (χ2n) is 5.63. The zero-order valence-electron chi connectivity index (χ0n) is 12.8. The van der Waals surface area contributed by atoms with Crippen molar-refractivity contribution in [1.29, 1.82) is 0 Å². The van der Waals surface area contributed by atoms with Crippen LogP contribution in [0.4, 0.5) is 4.39 Å². The van der Waals surface area contributed by atoms with E-state index in [1.165, 1.54) is 18.4 Å². The molecule has 1 aliphatic heterocycles. The van der Waals surface area contributed by atoms with E-state index in [-0.39, 0.29) is 17.8 Å². The van der Waals surface area contributed by atoms with Crippen LogP contribution in [-0.4, -0.2) is 30.3 Å². The average Bonchev–Trinajstić information content (AvgIpc) is 3.23. The minimum absolute atomic E-state index is 0.0215. The van der Waals surface area contributed by atoms with Gasteiger partial charge in [0.2, 0.25) is 5.91 Å². The molecule has 0 radical (unpaired) electrons. The van der Waals surface area contributed by atoms with E-state index < -0.39 is 0 Å². The fourth-order valence-corrected chi connectivity index (χ4v) is 2.65. The lowest BCUT2D eigenvalue weighted by atomic mass is 10.0. The van der Waals surface area contributed by atoms with Crippen molar-refractivity contribution in [2.24, 2.45) is 0 Å². The predicted molar refractivity (Wildman–Crippen MR) is 82.2 cm³/mol. The van der Waals surface area contributed by atoms with E-state index in [0.29, 0.717) is 25.1 Å². The number of carbonyl (C=O) groups is 1. The molecule has 1 aromatic heterocycles. The molecular formula is C17H19FN2O3. The van der Waals surface area contributed by atoms with Gasteiger partial charge in [0, 0.05) is 30.7 Å². The first-order valence-corrected chi connectivity index (χ1v) is 7.80. The van der Waals surface area contributed by atoms with Crippen LogP contribution in [0.25, 0.3) is 11.3 Å². The van der Waals surface area contributed by atoms with Crippen molar-refractivity contribution in [2.45, 2.75) is 31.8 Å². The van der Waals surface area contributed by atoms with Crippen molar-refractivity contribution in [1.82, 2.24) is 10.5 Å². The van der Waals surface area contributed by atoms with Crippen molar-refractivity contribution in [2.75, 3.05) is 13.2 Å². The van der Waals surface area contributed by atoms with Crippen LogP contribution < -0.4 is 5.32 Å². The molecule has 1 aromatic carbocycles. The van der Waals surface area contributed by atoms with Gasteiger partial charge in [-0.05, 0) is 43.5 Å². The third-order valence-electron chi connectivity index (χ3n) is 3.93. The molecule has 0 saturated carbocycles. The maximum absolute atomic E-state index is 13.0. The highest BCUT2D eigenvalue weighted by Crippen LogP contribution is 2.23. The summed E-state index contributed by atoms with van der Waals surface area (Å²) in [5.74, 6) is -0.320. The monoisotopic (exact) mass is 318 g/mol. The minimum Gasteiger partial charge on any atom is -0.376 e. The lowest BCUT2D eigenvalue weighted by molar-refractivity contribution is -0.121. The van der Waals surface area contributed by atoms with Crippen LogP contribution in [0.15, 0.2) is 35.1 Å². The number of aryl methyl sites for hydroxylation is 1. The number of nitrogens with zero attached hydrogens (tertiary/aromatic N) is 1. The second-order valence-corrected chi connectivity index (χ2v) is 5.63. The molecule has 1 N–H and O–H groups in total. The number of ether oxygens (including phenoxy) is 1. The second kappa shape index (κ2) is 7.37. The van der Waals surface area contributed by atoms with E-state index >= 15 is 0 Å². The van der Waals surface area contributed by atoms with E-state index in [4.69, 9.17) is 9.26 Å². The van der Waals surface area contributed by atoms with Gasteiger partial charge in [0.25, 0.3) is 0 Å². The highest BCUT2D eigenvalue weighted by molar-refractivity contribution is 5.76. The van der Waals surface area contributed by atoms with Crippen LogP contribution in [-0.2, 0) is 16.0 Å². The summed E-state index contributed by atoms with van der Waals surface area (Å²) in [5, 5.41) is 6.84. The van der Waals surface area contributed by atoms with E-state index in [9.17, 15) is 9.18 Å². The first-order valence-electron chi connectivity index (χ1n) is 7.80. The van der Waals surface area contributed by atoms with Crippen LogP contribution >= 0.6 is 0 Å². The topological polar surface area (TPSA) is 64.4 Å². The normalized spacial score (nSPS) is 17.3. The molecule has 2 aromatic rings. The Kier molecular flexibility index (Phi) is 5.02. The zero-order chi connectivity index (χ0) is 16.1. The maximum Gasteiger partial charge on any atom is 0.220 e. The van der Waals surface area contributed by atoms with Crippen molar-refractivity contribution < 1.29 is 18.4 Å². The Balaban J connectivity index is 1.53. The van der Waals surface area contributed by atoms with Gasteiger partial charge in [0.15, 0.2) is 0 Å². The molecule has 1 fully saturated rings. The van der Waals surface area contributed by atoms with E-state index in [1.54, 1.807) is 12.1 Å². The highest BCUT2D eigenvalue weighted by Gasteiger charge is 2.17. The molecule has 122 valence electrons. The summed E-state index contributed by atoms with van der Waals surface area (Å²) in [7, 11) is 0. The number of carbonyl (C=O) groups excluding carboxylic acids is 1. The van der Waals surface area contributed by atoms with Gasteiger partial charge in [-0.2, -0.15) is 0 Å². The summed E-state index contributed by atoms with van der Waals surface area (Å²) in [5.41, 5.74) is 2.26. The number of amides is 1. The number of halogens is 1. The third kappa shape index (κ3) is 4.16. The number of aromatic nitrogens is 1. The van der Waals surface area contributed by atoms with Crippen molar-refractivity contribution in [3.05, 3.63) is 41.9 Å². The van der Waals surface area contributed by atoms with Gasteiger partial charge in [0.1, 0.15) is 17.8 Å². The Morgan fingerprint density at radius 2 is 2.17 bits per heavy atom. The summed E-state index contributed by atoms with van der Waals surface area (Å²) in [4.78, 5) is 11.9. The Labute approximate surface area is 133 Å². The van der Waals surface area contributed by atoms with Crippen molar-refractivity contribution >= 4 is 5.91 Å². The van der Waals surface area contributed by atoms with E-state index in [0.717, 1.165) is 30.6 Å². The highest BCUT2D eigenvalue weighted by atomic mass is 19.1. The van der Waals surface area contributed by atoms with Crippen LogP contribution in [0, 0.1) is 5.82 Å². The van der Waals surface area contributed by atoms with Crippen LogP contribution in [0.2, 0.25) is 0 Å². The van der Waals surface area contributed by atoms with Crippen LogP contribution in [0.3, 0.4) is 0 Å². The average molecular weight is 318 g/mol. The molecule has 6 heteroatoms. The van der Waals surface area contributed by atoms with E-state index in [1.807, 2.05) is 0 Å². The largest absolute Gasteiger partial charge is 0.376 e. The van der Waals surface area contributed by atoms with Gasteiger partial charge in [-0.25, -0.2) is 4.39 Å². The molecule has 5 nitrogen and oxygen atoms in total. The van der Waals surface area contributed by atoms with Crippen LogP contribution in [0.5, 0.6) is 0 Å². The smallest absolute Gasteiger partial charge is 0.220 e. The molecular weight excluding hydrogens is 299 g/mol. The number of nitrogens with one attached hydrogen (secondary N) is 1. The quantitative estimate of drug-likeness (QED) is 0.889. The number of rotatable bonds is 6. The molecule has 1 saturated heterocycles. The molecule has 1 unspecified atom stereocenters. The van der Waals surface area contributed by atoms with E-state index in [2.05, 4.69) is 10.5 Å². The predicted octanol–water partition coefficient (Wildman–Crippen LogP) is 2.71. The Morgan fingerprint density at radius 3 is 2.91 bits per heavy atom. The summed E-state index contributed by atoms with van der Waals surface area (Å²) >= 11 is 0. The van der Waals surface area contributed by atoms with Crippen molar-refractivity contribution in [3.8, 4) is 11.3 Å². The van der Waals surface area contributed by atoms with Gasteiger partial charge < -0.3 is 14.6 Å². The van der Waals surface area contributed by atoms with Gasteiger partial charge in [-0.1, -0.05) is 5.16 Å². The lowest BCUT2D eigenvalue weighted by Crippen LogP contribution is -2.31. The SMILES string of the molecule is O=C(CCc1conc1-c1ccc(F)cc1)NCC1CCCO1. The first-order chi connectivity index (χ1) is 11.2. The molecule has 1 amide bonds. The van der Waals surface area contributed by atoms with Gasteiger partial charge in [-0.15, -0.1) is 0 Å². The van der Waals surface area contributed by atoms with Crippen molar-refractivity contribution in [3.63, 3.8) is 0 Å². The first kappa shape index (κ1) is 15.7. The zero-order valence-corrected chi connectivity index (χ0v) is 12.8. The lowest BCUT2D eigenvalue weighted by Gasteiger charge is -2.10. The van der Waals surface area contributed by atoms with Crippen LogP contribution in [0.1, 0.15) is 24.8 Å². The minimum atomic E-state index is -0.299. The van der Waals surface area contributed by atoms with Gasteiger partial charge in [-0.3, -0.25) is 4.79 Å². The summed E-state index contributed by atoms with van der Waals surface area (Å²) in [6.07, 6.45) is 4.61. The van der Waals surface area contributed by atoms with Gasteiger partial charge in [0.05, 0.1) is 6.10 Å². The molecule has 0 aliphatic carbocycles.